The molecule has 0 aliphatic carbocycles. The van der Waals surface area contributed by atoms with E-state index in [0.29, 0.717) is 5.69 Å². The quantitative estimate of drug-likeness (QED) is 0.826. The van der Waals surface area contributed by atoms with Gasteiger partial charge in [0, 0.05) is 25.2 Å². The van der Waals surface area contributed by atoms with Crippen LogP contribution in [0.3, 0.4) is 0 Å². The number of benzene rings is 1. The molecule has 18 heavy (non-hydrogen) atoms. The van der Waals surface area contributed by atoms with Crippen LogP contribution in [0.5, 0.6) is 0 Å². The number of nitrogens with two attached hydrogens (primary N) is 1. The summed E-state index contributed by atoms with van der Waals surface area (Å²) in [4.78, 5) is 25.3. The largest absolute Gasteiger partial charge is 0.388 e. The number of carbonyl (C=O) groups is 2. The third-order valence-electron chi connectivity index (χ3n) is 3.20. The molecular formula is C13H17N3O2. The molecule has 0 radical (unpaired) electrons. The van der Waals surface area contributed by atoms with Crippen LogP contribution in [0.25, 0.3) is 0 Å². The van der Waals surface area contributed by atoms with Crippen LogP contribution in [-0.2, 0) is 16.0 Å². The number of rotatable bonds is 3. The lowest BCUT2D eigenvalue weighted by atomic mass is 10.1. The summed E-state index contributed by atoms with van der Waals surface area (Å²) in [7, 11) is 1.82. The van der Waals surface area contributed by atoms with Crippen LogP contribution < -0.4 is 16.0 Å². The van der Waals surface area contributed by atoms with E-state index in [1.54, 1.807) is 13.0 Å². The van der Waals surface area contributed by atoms with Gasteiger partial charge < -0.3 is 11.1 Å². The summed E-state index contributed by atoms with van der Waals surface area (Å²) >= 11 is 0. The molecule has 1 aromatic rings. The Morgan fingerprint density at radius 3 is 2.89 bits per heavy atom. The highest BCUT2D eigenvalue weighted by atomic mass is 16.2. The molecule has 0 saturated heterocycles. The monoisotopic (exact) mass is 247 g/mol. The summed E-state index contributed by atoms with van der Waals surface area (Å²) in [6.45, 7) is 1.97. The van der Waals surface area contributed by atoms with Crippen molar-refractivity contribution in [2.24, 2.45) is 11.7 Å². The first-order chi connectivity index (χ1) is 8.58. The molecule has 0 aromatic heterocycles. The van der Waals surface area contributed by atoms with Gasteiger partial charge in [0.05, 0.1) is 12.1 Å². The topological polar surface area (TPSA) is 75.4 Å². The Hall–Kier alpha value is -1.88. The van der Waals surface area contributed by atoms with Gasteiger partial charge in [-0.05, 0) is 23.8 Å². The third kappa shape index (κ3) is 1.97. The molecule has 2 amide bonds. The van der Waals surface area contributed by atoms with E-state index >= 15 is 0 Å². The lowest BCUT2D eigenvalue weighted by Gasteiger charge is -2.19. The molecule has 2 rings (SSSR count). The van der Waals surface area contributed by atoms with Crippen LogP contribution in [0.1, 0.15) is 12.5 Å². The Labute approximate surface area is 106 Å². The standard InChI is InChI=1S/C13H17N3O2/c1-8(7-14)13(18)16-11-4-3-10(15-2)5-9(11)6-12(16)17/h3-5,8,15H,6-7,14H2,1-2H3. The Morgan fingerprint density at radius 2 is 2.28 bits per heavy atom. The number of amides is 2. The summed E-state index contributed by atoms with van der Waals surface area (Å²) < 4.78 is 0. The fraction of sp³-hybridized carbons (Fsp3) is 0.385. The van der Waals surface area contributed by atoms with E-state index in [-0.39, 0.29) is 30.7 Å². The Morgan fingerprint density at radius 1 is 1.56 bits per heavy atom. The normalized spacial score (nSPS) is 15.5. The van der Waals surface area contributed by atoms with Crippen LogP contribution in [0.15, 0.2) is 18.2 Å². The molecule has 1 heterocycles. The van der Waals surface area contributed by atoms with Crippen LogP contribution in [0.2, 0.25) is 0 Å². The first-order valence-electron chi connectivity index (χ1n) is 5.96. The highest BCUT2D eigenvalue weighted by molar-refractivity contribution is 6.19. The molecule has 1 aliphatic rings. The first-order valence-corrected chi connectivity index (χ1v) is 5.96. The maximum Gasteiger partial charge on any atom is 0.238 e. The van der Waals surface area contributed by atoms with E-state index < -0.39 is 0 Å². The fourth-order valence-electron chi connectivity index (χ4n) is 2.04. The van der Waals surface area contributed by atoms with Crippen LogP contribution in [-0.4, -0.2) is 25.4 Å². The van der Waals surface area contributed by atoms with Gasteiger partial charge in [-0.3, -0.25) is 9.59 Å². The summed E-state index contributed by atoms with van der Waals surface area (Å²) in [6.07, 6.45) is 0.272. The van der Waals surface area contributed by atoms with Crippen molar-refractivity contribution in [2.45, 2.75) is 13.3 Å². The van der Waals surface area contributed by atoms with Gasteiger partial charge in [0.2, 0.25) is 11.8 Å². The predicted octanol–water partition coefficient (Wildman–Crippen LogP) is 0.739. The minimum absolute atomic E-state index is 0.177. The van der Waals surface area contributed by atoms with Crippen molar-refractivity contribution < 1.29 is 9.59 Å². The maximum absolute atomic E-state index is 12.1. The van der Waals surface area contributed by atoms with Crippen molar-refractivity contribution in [1.82, 2.24) is 0 Å². The van der Waals surface area contributed by atoms with Crippen LogP contribution >= 0.6 is 0 Å². The van der Waals surface area contributed by atoms with Gasteiger partial charge in [-0.15, -0.1) is 0 Å². The molecule has 0 bridgehead atoms. The number of hydrogen-bond donors (Lipinski definition) is 2. The number of carbonyl (C=O) groups excluding carboxylic acids is 2. The zero-order chi connectivity index (χ0) is 13.3. The van der Waals surface area contributed by atoms with E-state index in [2.05, 4.69) is 5.32 Å². The van der Waals surface area contributed by atoms with Gasteiger partial charge in [0.1, 0.15) is 0 Å². The number of hydrogen-bond acceptors (Lipinski definition) is 4. The van der Waals surface area contributed by atoms with Crippen LogP contribution in [0, 0.1) is 5.92 Å². The van der Waals surface area contributed by atoms with Gasteiger partial charge in [0.15, 0.2) is 0 Å². The Bertz CT molecular complexity index is 499. The highest BCUT2D eigenvalue weighted by Crippen LogP contribution is 2.32. The summed E-state index contributed by atoms with van der Waals surface area (Å²) in [5.41, 5.74) is 7.98. The minimum Gasteiger partial charge on any atom is -0.388 e. The molecule has 5 heteroatoms. The molecule has 5 nitrogen and oxygen atoms in total. The number of nitrogens with one attached hydrogen (secondary N) is 1. The average molecular weight is 247 g/mol. The number of anilines is 2. The Balaban J connectivity index is 2.36. The summed E-state index contributed by atoms with van der Waals surface area (Å²) in [6, 6.07) is 5.55. The number of fused-ring (bicyclic) bond motifs is 1. The van der Waals surface area contributed by atoms with Gasteiger partial charge in [-0.2, -0.15) is 0 Å². The van der Waals surface area contributed by atoms with Crippen molar-refractivity contribution in [3.05, 3.63) is 23.8 Å². The molecule has 0 spiro atoms. The van der Waals surface area contributed by atoms with Gasteiger partial charge in [0.25, 0.3) is 0 Å². The second-order valence-electron chi connectivity index (χ2n) is 4.47. The highest BCUT2D eigenvalue weighted by Gasteiger charge is 2.34. The van der Waals surface area contributed by atoms with Gasteiger partial charge in [-0.1, -0.05) is 6.92 Å². The average Bonchev–Trinajstić information content (AvgIpc) is 2.71. The zero-order valence-electron chi connectivity index (χ0n) is 10.6. The summed E-state index contributed by atoms with van der Waals surface area (Å²) in [5, 5.41) is 3.01. The van der Waals surface area contributed by atoms with Crippen molar-refractivity contribution >= 4 is 23.2 Å². The molecule has 96 valence electrons. The Kier molecular flexibility index (Phi) is 3.34. The third-order valence-corrected chi connectivity index (χ3v) is 3.20. The first kappa shape index (κ1) is 12.6. The SMILES string of the molecule is CNc1ccc2c(c1)CC(=O)N2C(=O)C(C)CN. The lowest BCUT2D eigenvalue weighted by molar-refractivity contribution is -0.127. The minimum atomic E-state index is -0.344. The van der Waals surface area contributed by atoms with Crippen LogP contribution in [0.4, 0.5) is 11.4 Å². The molecule has 1 aromatic carbocycles. The molecule has 1 unspecified atom stereocenters. The van der Waals surface area contributed by atoms with E-state index in [0.717, 1.165) is 11.3 Å². The van der Waals surface area contributed by atoms with Crippen molar-refractivity contribution in [3.63, 3.8) is 0 Å². The molecule has 1 aliphatic heterocycles. The number of imide groups is 1. The molecule has 1 atom stereocenters. The van der Waals surface area contributed by atoms with Crippen molar-refractivity contribution in [3.8, 4) is 0 Å². The molecule has 0 fully saturated rings. The van der Waals surface area contributed by atoms with Crippen molar-refractivity contribution in [1.29, 1.82) is 0 Å². The lowest BCUT2D eigenvalue weighted by Crippen LogP contribution is -2.40. The number of nitrogens with zero attached hydrogens (tertiary/aromatic N) is 1. The van der Waals surface area contributed by atoms with E-state index in [1.807, 2.05) is 19.2 Å². The molecule has 3 N–H and O–H groups in total. The predicted molar refractivity (Wildman–Crippen MR) is 70.4 cm³/mol. The van der Waals surface area contributed by atoms with E-state index in [9.17, 15) is 9.59 Å². The second-order valence-corrected chi connectivity index (χ2v) is 4.47. The zero-order valence-corrected chi connectivity index (χ0v) is 10.6. The van der Waals surface area contributed by atoms with Crippen molar-refractivity contribution in [2.75, 3.05) is 23.8 Å². The van der Waals surface area contributed by atoms with E-state index in [1.165, 1.54) is 4.90 Å². The van der Waals surface area contributed by atoms with Gasteiger partial charge in [-0.25, -0.2) is 4.90 Å². The molecular weight excluding hydrogens is 230 g/mol. The van der Waals surface area contributed by atoms with Gasteiger partial charge >= 0.3 is 0 Å². The second kappa shape index (κ2) is 4.78. The van der Waals surface area contributed by atoms with E-state index in [4.69, 9.17) is 5.73 Å². The fourth-order valence-corrected chi connectivity index (χ4v) is 2.04. The summed E-state index contributed by atoms with van der Waals surface area (Å²) in [5.74, 6) is -0.745. The maximum atomic E-state index is 12.1. The smallest absolute Gasteiger partial charge is 0.238 e. The molecule has 0 saturated carbocycles.